The van der Waals surface area contributed by atoms with Crippen molar-refractivity contribution in [3.8, 4) is 5.75 Å². The lowest BCUT2D eigenvalue weighted by Gasteiger charge is -2.10. The minimum absolute atomic E-state index is 0.226. The molecule has 3 nitrogen and oxygen atoms in total. The van der Waals surface area contributed by atoms with E-state index in [9.17, 15) is 0 Å². The normalized spacial score (nSPS) is 10.7. The fraction of sp³-hybridized carbons (Fsp3) is 0.625. The molecule has 0 aliphatic heterocycles. The Morgan fingerprint density at radius 2 is 1.84 bits per heavy atom. The zero-order valence-electron chi connectivity index (χ0n) is 12.2. The second kappa shape index (κ2) is 9.82. The highest BCUT2D eigenvalue weighted by atomic mass is 16.5. The average molecular weight is 265 g/mol. The van der Waals surface area contributed by atoms with Gasteiger partial charge in [0.15, 0.2) is 0 Å². The molecule has 3 heteroatoms. The molecule has 0 spiro atoms. The molecule has 1 aromatic rings. The van der Waals surface area contributed by atoms with Crippen molar-refractivity contribution in [2.45, 2.75) is 39.5 Å². The SMILES string of the molecule is Cc1ccc(C)c(OCCCCCCNCCO)c1. The number of benzene rings is 1. The summed E-state index contributed by atoms with van der Waals surface area (Å²) in [5.41, 5.74) is 2.45. The number of aryl methyl sites for hydroxylation is 2. The number of aliphatic hydroxyl groups excluding tert-OH is 1. The van der Waals surface area contributed by atoms with Gasteiger partial charge in [-0.15, -0.1) is 0 Å². The molecule has 2 N–H and O–H groups in total. The molecule has 0 heterocycles. The molecule has 0 unspecified atom stereocenters. The van der Waals surface area contributed by atoms with Crippen molar-refractivity contribution in [3.05, 3.63) is 29.3 Å². The Balaban J connectivity index is 2.03. The summed E-state index contributed by atoms with van der Waals surface area (Å²) in [4.78, 5) is 0. The highest BCUT2D eigenvalue weighted by Crippen LogP contribution is 2.19. The summed E-state index contributed by atoms with van der Waals surface area (Å²) in [6.45, 7) is 6.90. The molecule has 0 saturated heterocycles. The van der Waals surface area contributed by atoms with E-state index in [1.54, 1.807) is 0 Å². The molecular weight excluding hydrogens is 238 g/mol. The van der Waals surface area contributed by atoms with E-state index in [1.807, 2.05) is 0 Å². The van der Waals surface area contributed by atoms with Crippen molar-refractivity contribution in [1.82, 2.24) is 5.32 Å². The highest BCUT2D eigenvalue weighted by molar-refractivity contribution is 5.35. The first kappa shape index (κ1) is 16.0. The Morgan fingerprint density at radius 3 is 2.63 bits per heavy atom. The number of ether oxygens (including phenoxy) is 1. The molecule has 0 atom stereocenters. The van der Waals surface area contributed by atoms with Crippen LogP contribution in [-0.4, -0.2) is 31.4 Å². The van der Waals surface area contributed by atoms with Gasteiger partial charge in [0, 0.05) is 6.54 Å². The number of hydrogen-bond donors (Lipinski definition) is 2. The van der Waals surface area contributed by atoms with Crippen LogP contribution in [0.5, 0.6) is 5.75 Å². The third-order valence-corrected chi connectivity index (χ3v) is 3.14. The first-order valence-corrected chi connectivity index (χ1v) is 7.25. The topological polar surface area (TPSA) is 41.5 Å². The van der Waals surface area contributed by atoms with E-state index in [0.29, 0.717) is 6.54 Å². The average Bonchev–Trinajstić information content (AvgIpc) is 2.40. The highest BCUT2D eigenvalue weighted by Gasteiger charge is 1.99. The van der Waals surface area contributed by atoms with Crippen LogP contribution in [-0.2, 0) is 0 Å². The third kappa shape index (κ3) is 7.19. The Labute approximate surface area is 117 Å². The van der Waals surface area contributed by atoms with E-state index >= 15 is 0 Å². The van der Waals surface area contributed by atoms with Crippen molar-refractivity contribution < 1.29 is 9.84 Å². The van der Waals surface area contributed by atoms with Crippen LogP contribution in [0.4, 0.5) is 0 Å². The predicted octanol–water partition coefficient (Wildman–Crippen LogP) is 2.82. The van der Waals surface area contributed by atoms with Crippen LogP contribution in [0.3, 0.4) is 0 Å². The van der Waals surface area contributed by atoms with E-state index in [1.165, 1.54) is 30.4 Å². The monoisotopic (exact) mass is 265 g/mol. The van der Waals surface area contributed by atoms with Gasteiger partial charge in [0.1, 0.15) is 5.75 Å². The van der Waals surface area contributed by atoms with Crippen molar-refractivity contribution in [2.75, 3.05) is 26.3 Å². The van der Waals surface area contributed by atoms with Crippen LogP contribution in [0.1, 0.15) is 36.8 Å². The van der Waals surface area contributed by atoms with E-state index in [2.05, 4.69) is 37.4 Å². The number of aliphatic hydroxyl groups is 1. The third-order valence-electron chi connectivity index (χ3n) is 3.14. The summed E-state index contributed by atoms with van der Waals surface area (Å²) < 4.78 is 5.81. The maximum atomic E-state index is 8.61. The van der Waals surface area contributed by atoms with Crippen LogP contribution in [0, 0.1) is 13.8 Å². The lowest BCUT2D eigenvalue weighted by molar-refractivity contribution is 0.290. The van der Waals surface area contributed by atoms with Gasteiger partial charge in [0.25, 0.3) is 0 Å². The van der Waals surface area contributed by atoms with Crippen molar-refractivity contribution in [3.63, 3.8) is 0 Å². The zero-order chi connectivity index (χ0) is 13.9. The molecule has 19 heavy (non-hydrogen) atoms. The van der Waals surface area contributed by atoms with Crippen LogP contribution in [0.2, 0.25) is 0 Å². The lowest BCUT2D eigenvalue weighted by Crippen LogP contribution is -2.19. The Kier molecular flexibility index (Phi) is 8.26. The molecule has 0 radical (unpaired) electrons. The van der Waals surface area contributed by atoms with E-state index in [4.69, 9.17) is 9.84 Å². The molecule has 0 aliphatic carbocycles. The van der Waals surface area contributed by atoms with Crippen molar-refractivity contribution in [1.29, 1.82) is 0 Å². The van der Waals surface area contributed by atoms with E-state index < -0.39 is 0 Å². The van der Waals surface area contributed by atoms with Crippen molar-refractivity contribution in [2.24, 2.45) is 0 Å². The first-order valence-electron chi connectivity index (χ1n) is 7.25. The molecule has 0 aliphatic rings. The van der Waals surface area contributed by atoms with Crippen LogP contribution >= 0.6 is 0 Å². The smallest absolute Gasteiger partial charge is 0.122 e. The minimum atomic E-state index is 0.226. The maximum absolute atomic E-state index is 8.61. The van der Waals surface area contributed by atoms with Gasteiger partial charge in [-0.2, -0.15) is 0 Å². The van der Waals surface area contributed by atoms with Gasteiger partial charge < -0.3 is 15.2 Å². The Bertz CT molecular complexity index is 353. The molecule has 0 saturated carbocycles. The second-order valence-electron chi connectivity index (χ2n) is 5.01. The van der Waals surface area contributed by atoms with Gasteiger partial charge in [0.05, 0.1) is 13.2 Å². The second-order valence-corrected chi connectivity index (χ2v) is 5.01. The van der Waals surface area contributed by atoms with Gasteiger partial charge >= 0.3 is 0 Å². The largest absolute Gasteiger partial charge is 0.493 e. The molecule has 0 amide bonds. The molecule has 108 valence electrons. The molecule has 1 rings (SSSR count). The lowest BCUT2D eigenvalue weighted by atomic mass is 10.1. The summed E-state index contributed by atoms with van der Waals surface area (Å²) in [6.07, 6.45) is 4.69. The van der Waals surface area contributed by atoms with Crippen LogP contribution in [0.25, 0.3) is 0 Å². The zero-order valence-corrected chi connectivity index (χ0v) is 12.2. The van der Waals surface area contributed by atoms with Gasteiger partial charge in [0.2, 0.25) is 0 Å². The first-order chi connectivity index (χ1) is 9.24. The van der Waals surface area contributed by atoms with Gasteiger partial charge in [-0.3, -0.25) is 0 Å². The Hall–Kier alpha value is -1.06. The Morgan fingerprint density at radius 1 is 1.05 bits per heavy atom. The summed E-state index contributed by atoms with van der Waals surface area (Å²) in [7, 11) is 0. The number of rotatable bonds is 10. The van der Waals surface area contributed by atoms with Gasteiger partial charge in [-0.05, 0) is 50.4 Å². The molecule has 0 fully saturated rings. The predicted molar refractivity (Wildman–Crippen MR) is 79.8 cm³/mol. The summed E-state index contributed by atoms with van der Waals surface area (Å²) >= 11 is 0. The van der Waals surface area contributed by atoms with Crippen LogP contribution in [0.15, 0.2) is 18.2 Å². The van der Waals surface area contributed by atoms with Crippen molar-refractivity contribution >= 4 is 0 Å². The summed E-state index contributed by atoms with van der Waals surface area (Å²) in [5, 5.41) is 11.8. The minimum Gasteiger partial charge on any atom is -0.493 e. The number of nitrogens with one attached hydrogen (secondary N) is 1. The maximum Gasteiger partial charge on any atom is 0.122 e. The molecule has 1 aromatic carbocycles. The van der Waals surface area contributed by atoms with E-state index in [-0.39, 0.29) is 6.61 Å². The van der Waals surface area contributed by atoms with Gasteiger partial charge in [-0.25, -0.2) is 0 Å². The molecule has 0 aromatic heterocycles. The fourth-order valence-electron chi connectivity index (χ4n) is 1.95. The molecular formula is C16H27NO2. The summed E-state index contributed by atoms with van der Waals surface area (Å²) in [6, 6.07) is 6.33. The quantitative estimate of drug-likeness (QED) is 0.639. The van der Waals surface area contributed by atoms with Crippen LogP contribution < -0.4 is 10.1 Å². The van der Waals surface area contributed by atoms with E-state index in [0.717, 1.165) is 25.3 Å². The number of hydrogen-bond acceptors (Lipinski definition) is 3. The standard InChI is InChI=1S/C16H27NO2/c1-14-7-8-15(2)16(13-14)19-12-6-4-3-5-9-17-10-11-18/h7-8,13,17-18H,3-6,9-12H2,1-2H3. The fourth-order valence-corrected chi connectivity index (χ4v) is 1.95. The van der Waals surface area contributed by atoms with Gasteiger partial charge in [-0.1, -0.05) is 25.0 Å². The summed E-state index contributed by atoms with van der Waals surface area (Å²) in [5.74, 6) is 1.02. The number of unbranched alkanes of at least 4 members (excludes halogenated alkanes) is 3. The molecule has 0 bridgehead atoms.